The molecule has 0 fully saturated rings. The lowest BCUT2D eigenvalue weighted by atomic mass is 11.2. The molecule has 1 heterocycles. The van der Waals surface area contributed by atoms with Gasteiger partial charge in [0.05, 0.1) is 0 Å². The highest BCUT2D eigenvalue weighted by Gasteiger charge is 2.22. The van der Waals surface area contributed by atoms with Crippen LogP contribution in [0, 0.1) is 0 Å². The van der Waals surface area contributed by atoms with Crippen LogP contribution in [0.25, 0.3) is 0 Å². The molecule has 0 amide bonds. The first-order valence-corrected chi connectivity index (χ1v) is 2.90. The van der Waals surface area contributed by atoms with E-state index in [4.69, 9.17) is 5.73 Å². The predicted octanol–water partition coefficient (Wildman–Crippen LogP) is -1.49. The van der Waals surface area contributed by atoms with Crippen LogP contribution in [-0.2, 0) is 18.9 Å². The van der Waals surface area contributed by atoms with Crippen LogP contribution < -0.4 is 5.73 Å². The van der Waals surface area contributed by atoms with E-state index >= 15 is 0 Å². The Kier molecular flexibility index (Phi) is 0.806. The van der Waals surface area contributed by atoms with Gasteiger partial charge in [0, 0.05) is 0 Å². The highest BCUT2D eigenvalue weighted by Crippen LogP contribution is 2.02. The number of hydrogen-bond donors (Lipinski definition) is 1. The number of nitrogens with zero attached hydrogens (tertiary/aromatic N) is 1. The zero-order valence-electron chi connectivity index (χ0n) is 3.57. The normalized spacial score (nSPS) is 23.2. The van der Waals surface area contributed by atoms with Crippen molar-refractivity contribution in [3.63, 3.8) is 0 Å². The average molecular weight is 138 g/mol. The van der Waals surface area contributed by atoms with Gasteiger partial charge in [0.2, 0.25) is 0 Å². The van der Waals surface area contributed by atoms with Gasteiger partial charge < -0.3 is 9.92 Å². The maximum absolute atomic E-state index is 10.0. The van der Waals surface area contributed by atoms with Crippen molar-refractivity contribution in [2.75, 3.05) is 0 Å². The van der Waals surface area contributed by atoms with Crippen LogP contribution in [0.3, 0.4) is 0 Å². The van der Waals surface area contributed by atoms with Crippen molar-refractivity contribution >= 4 is 16.4 Å². The highest BCUT2D eigenvalue weighted by molar-refractivity contribution is 7.82. The zero-order chi connectivity index (χ0) is 6.20. The van der Waals surface area contributed by atoms with Crippen LogP contribution in [0.4, 0.5) is 0 Å². The molecule has 2 N–H and O–H groups in total. The first-order valence-electron chi connectivity index (χ1n) is 1.57. The third-order valence-corrected chi connectivity index (χ3v) is 1.04. The standard InChI is InChI=1S/CH2N2O4S/c2-1-3-7-8(4,5)6-1/h(H2,2,3). The molecular weight excluding hydrogens is 136 g/mol. The van der Waals surface area contributed by atoms with E-state index in [-0.39, 0.29) is 0 Å². The molecule has 1 aliphatic heterocycles. The lowest BCUT2D eigenvalue weighted by Crippen LogP contribution is -2.13. The van der Waals surface area contributed by atoms with Crippen molar-refractivity contribution in [2.24, 2.45) is 10.9 Å². The van der Waals surface area contributed by atoms with Gasteiger partial charge in [-0.05, 0) is 5.16 Å². The Morgan fingerprint density at radius 1 is 1.62 bits per heavy atom. The van der Waals surface area contributed by atoms with Crippen LogP contribution in [0.15, 0.2) is 5.16 Å². The van der Waals surface area contributed by atoms with Crippen molar-refractivity contribution < 1.29 is 16.9 Å². The number of rotatable bonds is 0. The maximum atomic E-state index is 10.0. The van der Waals surface area contributed by atoms with E-state index in [2.05, 4.69) is 13.6 Å². The predicted molar refractivity (Wildman–Crippen MR) is 22.7 cm³/mol. The molecule has 0 unspecified atom stereocenters. The molecule has 0 radical (unpaired) electrons. The van der Waals surface area contributed by atoms with E-state index in [0.717, 1.165) is 0 Å². The van der Waals surface area contributed by atoms with Gasteiger partial charge in [-0.15, -0.1) is 8.42 Å². The molecule has 1 aliphatic rings. The Bertz CT molecular complexity index is 214. The Morgan fingerprint density at radius 2 is 2.25 bits per heavy atom. The molecule has 0 bridgehead atoms. The second-order valence-corrected chi connectivity index (χ2v) is 2.13. The molecule has 7 heteroatoms. The minimum atomic E-state index is -3.92. The SMILES string of the molecule is NC1=NOS(=O)(=O)O1. The lowest BCUT2D eigenvalue weighted by molar-refractivity contribution is 0.326. The molecule has 0 saturated carbocycles. The Balaban J connectivity index is 2.85. The van der Waals surface area contributed by atoms with E-state index < -0.39 is 16.4 Å². The van der Waals surface area contributed by atoms with E-state index in [1.807, 2.05) is 0 Å². The first-order chi connectivity index (χ1) is 3.60. The van der Waals surface area contributed by atoms with E-state index in [1.54, 1.807) is 0 Å². The molecule has 0 aromatic rings. The summed E-state index contributed by atoms with van der Waals surface area (Å²) in [5, 5.41) is 2.77. The summed E-state index contributed by atoms with van der Waals surface area (Å²) in [6.07, 6.45) is 0. The molecular formula is CH2N2O4S. The summed E-state index contributed by atoms with van der Waals surface area (Å²) >= 11 is 0. The summed E-state index contributed by atoms with van der Waals surface area (Å²) in [6.45, 7) is 0. The Morgan fingerprint density at radius 3 is 2.38 bits per heavy atom. The zero-order valence-corrected chi connectivity index (χ0v) is 4.38. The molecule has 0 aromatic heterocycles. The molecule has 0 spiro atoms. The first kappa shape index (κ1) is 5.16. The van der Waals surface area contributed by atoms with Gasteiger partial charge in [-0.2, -0.15) is 0 Å². The largest absolute Gasteiger partial charge is 0.524 e. The molecule has 46 valence electrons. The highest BCUT2D eigenvalue weighted by atomic mass is 32.3. The molecule has 0 atom stereocenters. The lowest BCUT2D eigenvalue weighted by Gasteiger charge is -1.84. The van der Waals surface area contributed by atoms with Crippen molar-refractivity contribution in [1.82, 2.24) is 0 Å². The molecule has 0 aromatic carbocycles. The Hall–Kier alpha value is -0.980. The third kappa shape index (κ3) is 0.808. The van der Waals surface area contributed by atoms with Crippen molar-refractivity contribution in [2.45, 2.75) is 0 Å². The average Bonchev–Trinajstić information content (AvgIpc) is 1.82. The van der Waals surface area contributed by atoms with E-state index in [1.165, 1.54) is 0 Å². The molecule has 0 aliphatic carbocycles. The molecule has 8 heavy (non-hydrogen) atoms. The third-order valence-electron chi connectivity index (χ3n) is 0.406. The number of hydrogen-bond acceptors (Lipinski definition) is 6. The number of oxime groups is 1. The van der Waals surface area contributed by atoms with Gasteiger partial charge in [0.25, 0.3) is 0 Å². The van der Waals surface area contributed by atoms with E-state index in [0.29, 0.717) is 0 Å². The summed E-state index contributed by atoms with van der Waals surface area (Å²) in [6, 6.07) is -0.495. The van der Waals surface area contributed by atoms with Crippen LogP contribution in [0.1, 0.15) is 0 Å². The van der Waals surface area contributed by atoms with Crippen LogP contribution >= 0.6 is 0 Å². The number of amidine groups is 1. The topological polar surface area (TPSA) is 91.0 Å². The minimum absolute atomic E-state index is 0.495. The second kappa shape index (κ2) is 1.25. The van der Waals surface area contributed by atoms with E-state index in [9.17, 15) is 8.42 Å². The fraction of sp³-hybridized carbons (Fsp3) is 0. The second-order valence-electron chi connectivity index (χ2n) is 0.996. The molecule has 6 nitrogen and oxygen atoms in total. The maximum Gasteiger partial charge on any atom is 0.524 e. The van der Waals surface area contributed by atoms with Crippen molar-refractivity contribution in [3.8, 4) is 0 Å². The van der Waals surface area contributed by atoms with Gasteiger partial charge in [0.15, 0.2) is 0 Å². The van der Waals surface area contributed by atoms with Gasteiger partial charge in [-0.25, -0.2) is 4.28 Å². The summed E-state index contributed by atoms with van der Waals surface area (Å²) in [5.41, 5.74) is 4.73. The number of nitrogens with two attached hydrogens (primary N) is 1. The summed E-state index contributed by atoms with van der Waals surface area (Å²) < 4.78 is 27.5. The quantitative estimate of drug-likeness (QED) is 0.440. The van der Waals surface area contributed by atoms with Crippen LogP contribution in [0.5, 0.6) is 0 Å². The van der Waals surface area contributed by atoms with Gasteiger partial charge in [0.1, 0.15) is 0 Å². The van der Waals surface area contributed by atoms with Crippen LogP contribution in [0.2, 0.25) is 0 Å². The van der Waals surface area contributed by atoms with Gasteiger partial charge >= 0.3 is 16.4 Å². The fourth-order valence-corrected chi connectivity index (χ4v) is 0.652. The molecule has 1 rings (SSSR count). The summed E-state index contributed by atoms with van der Waals surface area (Å²) in [7, 11) is -3.92. The van der Waals surface area contributed by atoms with Crippen molar-refractivity contribution in [3.05, 3.63) is 0 Å². The summed E-state index contributed by atoms with van der Waals surface area (Å²) in [5.74, 6) is 0. The van der Waals surface area contributed by atoms with Gasteiger partial charge in [-0.1, -0.05) is 0 Å². The van der Waals surface area contributed by atoms with Gasteiger partial charge in [-0.3, -0.25) is 0 Å². The fourth-order valence-electron chi connectivity index (χ4n) is 0.217. The van der Waals surface area contributed by atoms with Crippen molar-refractivity contribution in [1.29, 1.82) is 0 Å². The minimum Gasteiger partial charge on any atom is -0.350 e. The monoisotopic (exact) mass is 138 g/mol. The smallest absolute Gasteiger partial charge is 0.350 e. The summed E-state index contributed by atoms with van der Waals surface area (Å²) in [4.78, 5) is 0. The Labute approximate surface area is 45.2 Å². The molecule has 0 saturated heterocycles. The van der Waals surface area contributed by atoms with Crippen LogP contribution in [-0.4, -0.2) is 14.4 Å².